The summed E-state index contributed by atoms with van der Waals surface area (Å²) in [6.07, 6.45) is -3.34. The van der Waals surface area contributed by atoms with Crippen LogP contribution in [0.1, 0.15) is 19.8 Å². The van der Waals surface area contributed by atoms with E-state index in [2.05, 4.69) is 19.5 Å². The topological polar surface area (TPSA) is 200 Å². The molecule has 1 unspecified atom stereocenters. The fraction of sp³-hybridized carbons (Fsp3) is 0.714. The Bertz CT molecular complexity index is 782. The third kappa shape index (κ3) is 3.80. The van der Waals surface area contributed by atoms with Crippen LogP contribution >= 0.6 is 7.82 Å². The summed E-state index contributed by atoms with van der Waals surface area (Å²) in [6.45, 7) is 1.14. The van der Waals surface area contributed by atoms with Crippen LogP contribution < -0.4 is 5.73 Å². The molecule has 3 heterocycles. The molecule has 0 aromatic rings. The summed E-state index contributed by atoms with van der Waals surface area (Å²) >= 11 is 0. The molecule has 0 radical (unpaired) electrons. The van der Waals surface area contributed by atoms with Gasteiger partial charge in [0.05, 0.1) is 6.61 Å². The Hall–Kier alpha value is -1.57. The van der Waals surface area contributed by atoms with E-state index in [1.165, 1.54) is 4.90 Å². The highest BCUT2D eigenvalue weighted by molar-refractivity contribution is 7.46. The number of ketones is 1. The summed E-state index contributed by atoms with van der Waals surface area (Å²) in [5.74, 6) is -0.158. The molecule has 0 saturated carbocycles. The van der Waals surface area contributed by atoms with Gasteiger partial charge in [-0.25, -0.2) is 14.5 Å². The van der Waals surface area contributed by atoms with Crippen LogP contribution in [0, 0.1) is 0 Å². The Balaban J connectivity index is 1.76. The summed E-state index contributed by atoms with van der Waals surface area (Å²) in [6, 6.07) is 0. The Labute approximate surface area is 159 Å². The van der Waals surface area contributed by atoms with E-state index in [4.69, 9.17) is 20.3 Å². The highest BCUT2D eigenvalue weighted by Crippen LogP contribution is 2.37. The van der Waals surface area contributed by atoms with Crippen molar-refractivity contribution < 1.29 is 38.6 Å². The SMILES string of the molecule is CCCC(=O)C1(N)N=CN=C2C1=NCN2[C@@H]1O[C@H](COP(=O)(O)O)[C@@H](O)[C@H]1O. The zero-order chi connectivity index (χ0) is 20.7. The Morgan fingerprint density at radius 3 is 2.82 bits per heavy atom. The third-order valence-corrected chi connectivity index (χ3v) is 5.11. The van der Waals surface area contributed by atoms with E-state index in [9.17, 15) is 19.6 Å². The lowest BCUT2D eigenvalue weighted by Crippen LogP contribution is -2.59. The molecule has 0 aromatic carbocycles. The Kier molecular flexibility index (Phi) is 5.81. The second kappa shape index (κ2) is 7.69. The lowest BCUT2D eigenvalue weighted by molar-refractivity contribution is -0.121. The zero-order valence-corrected chi connectivity index (χ0v) is 15.8. The second-order valence-electron chi connectivity index (χ2n) is 6.59. The average molecular weight is 419 g/mol. The maximum absolute atomic E-state index is 12.4. The van der Waals surface area contributed by atoms with Gasteiger partial charge < -0.3 is 29.6 Å². The number of phosphoric acid groups is 1. The van der Waals surface area contributed by atoms with Crippen LogP contribution in [-0.4, -0.2) is 92.0 Å². The molecule has 0 bridgehead atoms. The number of hydrogen-bond donors (Lipinski definition) is 5. The van der Waals surface area contributed by atoms with E-state index >= 15 is 0 Å². The molecular formula is C14H22N5O8P. The fourth-order valence-corrected chi connectivity index (χ4v) is 3.54. The van der Waals surface area contributed by atoms with Crippen molar-refractivity contribution in [3.63, 3.8) is 0 Å². The first-order valence-corrected chi connectivity index (χ1v) is 10.1. The van der Waals surface area contributed by atoms with Crippen LogP contribution in [0.5, 0.6) is 0 Å². The molecule has 0 amide bonds. The van der Waals surface area contributed by atoms with Gasteiger partial charge >= 0.3 is 7.82 Å². The molecule has 3 rings (SSSR count). The van der Waals surface area contributed by atoms with E-state index in [0.717, 1.165) is 6.34 Å². The van der Waals surface area contributed by atoms with Crippen molar-refractivity contribution in [2.75, 3.05) is 13.3 Å². The van der Waals surface area contributed by atoms with Gasteiger partial charge in [0, 0.05) is 6.42 Å². The number of fused-ring (bicyclic) bond motifs is 1. The number of carbonyl (C=O) groups is 1. The molecular weight excluding hydrogens is 397 g/mol. The largest absolute Gasteiger partial charge is 0.469 e. The van der Waals surface area contributed by atoms with Crippen LogP contribution in [0.25, 0.3) is 0 Å². The van der Waals surface area contributed by atoms with Crippen molar-refractivity contribution in [3.05, 3.63) is 0 Å². The molecule has 1 fully saturated rings. The maximum atomic E-state index is 12.4. The maximum Gasteiger partial charge on any atom is 0.469 e. The van der Waals surface area contributed by atoms with Crippen molar-refractivity contribution >= 4 is 31.5 Å². The number of phosphoric ester groups is 1. The molecule has 5 atom stereocenters. The molecule has 156 valence electrons. The van der Waals surface area contributed by atoms with E-state index < -0.39 is 44.6 Å². The van der Waals surface area contributed by atoms with Gasteiger partial charge in [-0.2, -0.15) is 0 Å². The molecule has 6 N–H and O–H groups in total. The van der Waals surface area contributed by atoms with E-state index in [0.29, 0.717) is 6.42 Å². The van der Waals surface area contributed by atoms with Crippen molar-refractivity contribution in [2.24, 2.45) is 20.7 Å². The molecule has 13 nitrogen and oxygen atoms in total. The minimum atomic E-state index is -4.77. The minimum Gasteiger partial charge on any atom is -0.387 e. The van der Waals surface area contributed by atoms with Gasteiger partial charge in [-0.1, -0.05) is 6.92 Å². The summed E-state index contributed by atoms with van der Waals surface area (Å²) in [5.41, 5.74) is 4.62. The fourth-order valence-electron chi connectivity index (χ4n) is 3.20. The van der Waals surface area contributed by atoms with E-state index in [1.54, 1.807) is 0 Å². The summed E-state index contributed by atoms with van der Waals surface area (Å²) in [5, 5.41) is 20.5. The number of ether oxygens (including phenoxy) is 1. The molecule has 3 aliphatic rings. The Morgan fingerprint density at radius 2 is 2.18 bits per heavy atom. The number of Topliss-reactive ketones (excluding diaryl/α,β-unsaturated/α-hetero) is 1. The van der Waals surface area contributed by atoms with E-state index in [-0.39, 0.29) is 30.4 Å². The Morgan fingerprint density at radius 1 is 1.46 bits per heavy atom. The number of aliphatic imine (C=N–C) groups is 3. The number of nitrogens with two attached hydrogens (primary N) is 1. The van der Waals surface area contributed by atoms with Gasteiger partial charge in [0.2, 0.25) is 5.66 Å². The molecule has 0 spiro atoms. The van der Waals surface area contributed by atoms with Crippen LogP contribution in [0.2, 0.25) is 0 Å². The molecule has 14 heteroatoms. The lowest BCUT2D eigenvalue weighted by atomic mass is 9.95. The van der Waals surface area contributed by atoms with Crippen molar-refractivity contribution in [1.82, 2.24) is 4.90 Å². The van der Waals surface area contributed by atoms with Gasteiger partial charge in [-0.05, 0) is 6.42 Å². The van der Waals surface area contributed by atoms with Crippen molar-refractivity contribution in [2.45, 2.75) is 50.0 Å². The third-order valence-electron chi connectivity index (χ3n) is 4.62. The van der Waals surface area contributed by atoms with Gasteiger partial charge in [0.1, 0.15) is 37.0 Å². The average Bonchev–Trinajstić information content (AvgIpc) is 3.16. The normalized spacial score (nSPS) is 35.0. The molecule has 28 heavy (non-hydrogen) atoms. The number of nitrogens with zero attached hydrogens (tertiary/aromatic N) is 4. The predicted octanol–water partition coefficient (Wildman–Crippen LogP) is -2.28. The smallest absolute Gasteiger partial charge is 0.387 e. The highest BCUT2D eigenvalue weighted by atomic mass is 31.2. The van der Waals surface area contributed by atoms with Crippen molar-refractivity contribution in [1.29, 1.82) is 0 Å². The molecule has 1 saturated heterocycles. The first-order valence-electron chi connectivity index (χ1n) is 8.55. The van der Waals surface area contributed by atoms with Crippen LogP contribution in [-0.2, 0) is 18.6 Å². The predicted molar refractivity (Wildman–Crippen MR) is 95.6 cm³/mol. The number of aliphatic hydroxyl groups excluding tert-OH is 2. The summed E-state index contributed by atoms with van der Waals surface area (Å²) < 4.78 is 20.7. The number of amidine groups is 1. The van der Waals surface area contributed by atoms with Crippen LogP contribution in [0.3, 0.4) is 0 Å². The highest BCUT2D eigenvalue weighted by Gasteiger charge is 2.52. The number of carbonyl (C=O) groups excluding carboxylic acids is 1. The first kappa shape index (κ1) is 21.1. The second-order valence-corrected chi connectivity index (χ2v) is 7.83. The summed E-state index contributed by atoms with van der Waals surface area (Å²) in [4.78, 5) is 43.7. The molecule has 0 aromatic heterocycles. The minimum absolute atomic E-state index is 0.0591. The number of aliphatic hydroxyl groups is 2. The van der Waals surface area contributed by atoms with Gasteiger partial charge in [-0.15, -0.1) is 0 Å². The van der Waals surface area contributed by atoms with E-state index in [1.807, 2.05) is 6.92 Å². The quantitative estimate of drug-likeness (QED) is 0.280. The molecule has 3 aliphatic heterocycles. The van der Waals surface area contributed by atoms with Gasteiger partial charge in [0.25, 0.3) is 0 Å². The first-order chi connectivity index (χ1) is 13.1. The molecule has 0 aliphatic carbocycles. The van der Waals surface area contributed by atoms with Gasteiger partial charge in [-0.3, -0.25) is 20.0 Å². The van der Waals surface area contributed by atoms with Crippen LogP contribution in [0.4, 0.5) is 0 Å². The summed E-state index contributed by atoms with van der Waals surface area (Å²) in [7, 11) is -4.77. The van der Waals surface area contributed by atoms with Crippen molar-refractivity contribution in [3.8, 4) is 0 Å². The van der Waals surface area contributed by atoms with Crippen LogP contribution in [0.15, 0.2) is 15.0 Å². The number of rotatable bonds is 7. The number of hydrogen-bond acceptors (Lipinski definition) is 11. The zero-order valence-electron chi connectivity index (χ0n) is 15.0. The standard InChI is InChI=1S/C14H22N5O8P/c1-2-3-8(20)14(15)11-12(16-5-18-14)19(6-17-11)13-10(22)9(21)7(27-13)4-26-28(23,24)25/h5,7,9-10,13,21-22H,2-4,6,15H2,1H3,(H2,23,24,25)/t7-,9-,10-,13-,14?/m1/s1. The monoisotopic (exact) mass is 419 g/mol. The van der Waals surface area contributed by atoms with Gasteiger partial charge in [0.15, 0.2) is 17.8 Å². The lowest BCUT2D eigenvalue weighted by Gasteiger charge is -2.31.